The summed E-state index contributed by atoms with van der Waals surface area (Å²) in [6.45, 7) is 1.86. The van der Waals surface area contributed by atoms with E-state index in [-0.39, 0.29) is 5.91 Å². The van der Waals surface area contributed by atoms with Gasteiger partial charge in [0.25, 0.3) is 0 Å². The molecule has 1 fully saturated rings. The van der Waals surface area contributed by atoms with E-state index in [1.54, 1.807) is 14.2 Å². The van der Waals surface area contributed by atoms with Crippen molar-refractivity contribution in [3.8, 4) is 11.5 Å². The zero-order valence-corrected chi connectivity index (χ0v) is 15.0. The highest BCUT2D eigenvalue weighted by Crippen LogP contribution is 2.18. The number of hydrogen-bond acceptors (Lipinski definition) is 4. The molecule has 0 saturated heterocycles. The molecule has 7 heteroatoms. The molecule has 1 aromatic carbocycles. The molecule has 3 N–H and O–H groups in total. The maximum atomic E-state index is 11.6. The van der Waals surface area contributed by atoms with Crippen LogP contribution in [0.1, 0.15) is 25.7 Å². The number of rotatable bonds is 10. The average Bonchev–Trinajstić information content (AvgIpc) is 3.44. The SMILES string of the molecule is CN=C(NCCCC(=O)NC1CC1)NCCOc1ccc(OC)cc1. The van der Waals surface area contributed by atoms with E-state index in [4.69, 9.17) is 9.47 Å². The Kier molecular flexibility index (Phi) is 7.88. The number of methoxy groups -OCH3 is 1. The predicted octanol–water partition coefficient (Wildman–Crippen LogP) is 1.30. The predicted molar refractivity (Wildman–Crippen MR) is 98.3 cm³/mol. The Balaban J connectivity index is 1.52. The Bertz CT molecular complexity index is 556. The highest BCUT2D eigenvalue weighted by atomic mass is 16.5. The van der Waals surface area contributed by atoms with Crippen molar-refractivity contribution in [3.05, 3.63) is 24.3 Å². The third-order valence-electron chi connectivity index (χ3n) is 3.76. The maximum absolute atomic E-state index is 11.6. The highest BCUT2D eigenvalue weighted by Gasteiger charge is 2.22. The van der Waals surface area contributed by atoms with E-state index < -0.39 is 0 Å². The molecule has 2 rings (SSSR count). The van der Waals surface area contributed by atoms with Gasteiger partial charge in [-0.3, -0.25) is 9.79 Å². The Morgan fingerprint density at radius 3 is 2.48 bits per heavy atom. The first-order valence-corrected chi connectivity index (χ1v) is 8.72. The molecule has 0 bridgehead atoms. The van der Waals surface area contributed by atoms with Gasteiger partial charge in [0.2, 0.25) is 5.91 Å². The average molecular weight is 348 g/mol. The van der Waals surface area contributed by atoms with E-state index in [0.29, 0.717) is 38.1 Å². The number of amides is 1. The summed E-state index contributed by atoms with van der Waals surface area (Å²) in [7, 11) is 3.36. The minimum absolute atomic E-state index is 0.139. The molecule has 1 amide bonds. The van der Waals surface area contributed by atoms with Crippen LogP contribution in [0.15, 0.2) is 29.3 Å². The zero-order chi connectivity index (χ0) is 17.9. The molecule has 7 nitrogen and oxygen atoms in total. The van der Waals surface area contributed by atoms with Gasteiger partial charge in [0.15, 0.2) is 5.96 Å². The quantitative estimate of drug-likeness (QED) is 0.337. The second-order valence-electron chi connectivity index (χ2n) is 5.90. The van der Waals surface area contributed by atoms with Crippen LogP contribution in [0.25, 0.3) is 0 Å². The van der Waals surface area contributed by atoms with Crippen LogP contribution in [0.4, 0.5) is 0 Å². The standard InChI is InChI=1S/C18H28N4O3/c1-19-18(20-11-3-4-17(23)22-14-5-6-14)21-12-13-25-16-9-7-15(24-2)8-10-16/h7-10,14H,3-6,11-13H2,1-2H3,(H,22,23)(H2,19,20,21). The highest BCUT2D eigenvalue weighted by molar-refractivity contribution is 5.80. The summed E-state index contributed by atoms with van der Waals surface area (Å²) in [6, 6.07) is 7.91. The number of ether oxygens (including phenoxy) is 2. The number of benzene rings is 1. The van der Waals surface area contributed by atoms with Gasteiger partial charge in [0.05, 0.1) is 13.7 Å². The third kappa shape index (κ3) is 7.78. The lowest BCUT2D eigenvalue weighted by Crippen LogP contribution is -2.40. The molecule has 0 spiro atoms. The minimum atomic E-state index is 0.139. The Hall–Kier alpha value is -2.44. The van der Waals surface area contributed by atoms with Crippen molar-refractivity contribution in [3.63, 3.8) is 0 Å². The largest absolute Gasteiger partial charge is 0.497 e. The van der Waals surface area contributed by atoms with E-state index in [1.165, 1.54) is 0 Å². The molecule has 25 heavy (non-hydrogen) atoms. The fourth-order valence-electron chi connectivity index (χ4n) is 2.21. The lowest BCUT2D eigenvalue weighted by atomic mass is 10.3. The number of carbonyl (C=O) groups excluding carboxylic acids is 1. The van der Waals surface area contributed by atoms with Gasteiger partial charge in [-0.25, -0.2) is 0 Å². The molecule has 0 atom stereocenters. The van der Waals surface area contributed by atoms with Crippen molar-refractivity contribution in [2.75, 3.05) is 33.9 Å². The summed E-state index contributed by atoms with van der Waals surface area (Å²) in [4.78, 5) is 15.7. The van der Waals surface area contributed by atoms with Crippen LogP contribution in [0.5, 0.6) is 11.5 Å². The molecule has 0 aromatic heterocycles. The maximum Gasteiger partial charge on any atom is 0.220 e. The lowest BCUT2D eigenvalue weighted by Gasteiger charge is -2.12. The van der Waals surface area contributed by atoms with Crippen LogP contribution in [0.2, 0.25) is 0 Å². The van der Waals surface area contributed by atoms with Crippen molar-refractivity contribution in [2.45, 2.75) is 31.7 Å². The molecule has 0 radical (unpaired) electrons. The van der Waals surface area contributed by atoms with E-state index in [1.807, 2.05) is 24.3 Å². The van der Waals surface area contributed by atoms with E-state index in [2.05, 4.69) is 20.9 Å². The first-order valence-electron chi connectivity index (χ1n) is 8.72. The fourth-order valence-corrected chi connectivity index (χ4v) is 2.21. The first kappa shape index (κ1) is 18.9. The van der Waals surface area contributed by atoms with Gasteiger partial charge in [-0.2, -0.15) is 0 Å². The first-order chi connectivity index (χ1) is 12.2. The number of aliphatic imine (C=N–C) groups is 1. The van der Waals surface area contributed by atoms with E-state index >= 15 is 0 Å². The fraction of sp³-hybridized carbons (Fsp3) is 0.556. The monoisotopic (exact) mass is 348 g/mol. The Morgan fingerprint density at radius 1 is 1.16 bits per heavy atom. The molecule has 0 heterocycles. The minimum Gasteiger partial charge on any atom is -0.497 e. The summed E-state index contributed by atoms with van der Waals surface area (Å²) in [5.74, 6) is 2.45. The second-order valence-corrected chi connectivity index (χ2v) is 5.90. The van der Waals surface area contributed by atoms with Gasteiger partial charge < -0.3 is 25.4 Å². The van der Waals surface area contributed by atoms with E-state index in [0.717, 1.165) is 30.8 Å². The van der Waals surface area contributed by atoms with Gasteiger partial charge in [0.1, 0.15) is 18.1 Å². The van der Waals surface area contributed by atoms with Crippen LogP contribution < -0.4 is 25.4 Å². The summed E-state index contributed by atoms with van der Waals surface area (Å²) < 4.78 is 10.8. The third-order valence-corrected chi connectivity index (χ3v) is 3.76. The van der Waals surface area contributed by atoms with Crippen molar-refractivity contribution >= 4 is 11.9 Å². The molecule has 1 aliphatic rings. The number of nitrogens with zero attached hydrogens (tertiary/aromatic N) is 1. The molecule has 1 aliphatic carbocycles. The molecular weight excluding hydrogens is 320 g/mol. The van der Waals surface area contributed by atoms with Crippen molar-refractivity contribution in [1.29, 1.82) is 0 Å². The molecule has 138 valence electrons. The van der Waals surface area contributed by atoms with E-state index in [9.17, 15) is 4.79 Å². The van der Waals surface area contributed by atoms with Crippen molar-refractivity contribution < 1.29 is 14.3 Å². The number of carbonyl (C=O) groups is 1. The van der Waals surface area contributed by atoms with Gasteiger partial charge in [-0.1, -0.05) is 0 Å². The molecule has 0 unspecified atom stereocenters. The summed E-state index contributed by atoms with van der Waals surface area (Å²) in [5.41, 5.74) is 0. The van der Waals surface area contributed by atoms with Crippen LogP contribution in [0.3, 0.4) is 0 Å². The Morgan fingerprint density at radius 2 is 1.84 bits per heavy atom. The lowest BCUT2D eigenvalue weighted by molar-refractivity contribution is -0.121. The van der Waals surface area contributed by atoms with Crippen molar-refractivity contribution in [2.24, 2.45) is 4.99 Å². The van der Waals surface area contributed by atoms with Crippen molar-refractivity contribution in [1.82, 2.24) is 16.0 Å². The molecular formula is C18H28N4O3. The molecule has 0 aliphatic heterocycles. The number of nitrogens with one attached hydrogen (secondary N) is 3. The van der Waals surface area contributed by atoms with Crippen LogP contribution in [-0.2, 0) is 4.79 Å². The van der Waals surface area contributed by atoms with Gasteiger partial charge in [0, 0.05) is 26.1 Å². The molecule has 1 aromatic rings. The van der Waals surface area contributed by atoms with Crippen LogP contribution in [-0.4, -0.2) is 51.8 Å². The van der Waals surface area contributed by atoms with Gasteiger partial charge in [-0.15, -0.1) is 0 Å². The number of guanidine groups is 1. The Labute approximate surface area is 149 Å². The smallest absolute Gasteiger partial charge is 0.220 e. The second kappa shape index (κ2) is 10.4. The zero-order valence-electron chi connectivity index (χ0n) is 15.0. The summed E-state index contributed by atoms with van der Waals surface area (Å²) >= 11 is 0. The van der Waals surface area contributed by atoms with Gasteiger partial charge in [-0.05, 0) is 43.5 Å². The van der Waals surface area contributed by atoms with Crippen LogP contribution >= 0.6 is 0 Å². The number of hydrogen-bond donors (Lipinski definition) is 3. The van der Waals surface area contributed by atoms with Gasteiger partial charge >= 0.3 is 0 Å². The normalized spacial score (nSPS) is 13.9. The topological polar surface area (TPSA) is 84.0 Å². The van der Waals surface area contributed by atoms with Crippen LogP contribution in [0, 0.1) is 0 Å². The summed E-state index contributed by atoms with van der Waals surface area (Å²) in [6.07, 6.45) is 3.57. The summed E-state index contributed by atoms with van der Waals surface area (Å²) in [5, 5.41) is 9.36. The molecule has 1 saturated carbocycles.